The average Bonchev–Trinajstić information content (AvgIpc) is 3.52. The van der Waals surface area contributed by atoms with Crippen LogP contribution in [-0.2, 0) is 15.1 Å². The number of benzene rings is 2. The summed E-state index contributed by atoms with van der Waals surface area (Å²) < 4.78 is 0. The molecule has 2 aromatic carbocycles. The molecule has 35 heavy (non-hydrogen) atoms. The maximum Gasteiger partial charge on any atom is 0.254 e. The van der Waals surface area contributed by atoms with Crippen molar-refractivity contribution in [1.82, 2.24) is 9.80 Å². The Morgan fingerprint density at radius 2 is 1.69 bits per heavy atom. The zero-order valence-corrected chi connectivity index (χ0v) is 20.9. The molecule has 2 spiro atoms. The Morgan fingerprint density at radius 3 is 2.46 bits per heavy atom. The number of fused-ring (bicyclic) bond motifs is 3. The molecular formula is C30H35N3O2. The molecule has 3 fully saturated rings. The minimum atomic E-state index is -0.948. The largest absolute Gasteiger partial charge is 0.297 e. The summed E-state index contributed by atoms with van der Waals surface area (Å²) >= 11 is 0. The Bertz CT molecular complexity index is 1190. The predicted molar refractivity (Wildman–Crippen MR) is 139 cm³/mol. The van der Waals surface area contributed by atoms with E-state index in [1.807, 2.05) is 35.2 Å². The summed E-state index contributed by atoms with van der Waals surface area (Å²) in [6.45, 7) is 5.59. The van der Waals surface area contributed by atoms with Crippen LogP contribution in [0.15, 0.2) is 60.2 Å². The summed E-state index contributed by atoms with van der Waals surface area (Å²) in [7, 11) is 2.06. The van der Waals surface area contributed by atoms with E-state index < -0.39 is 11.0 Å². The van der Waals surface area contributed by atoms with Crippen molar-refractivity contribution in [2.75, 3.05) is 38.3 Å². The fourth-order valence-corrected chi connectivity index (χ4v) is 7.67. The first-order chi connectivity index (χ1) is 17.0. The summed E-state index contributed by atoms with van der Waals surface area (Å²) in [5.41, 5.74) is 2.22. The molecule has 3 heterocycles. The van der Waals surface area contributed by atoms with Gasteiger partial charge in [0.05, 0.1) is 17.8 Å². The van der Waals surface area contributed by atoms with Crippen LogP contribution in [0.3, 0.4) is 0 Å². The van der Waals surface area contributed by atoms with Gasteiger partial charge in [0.15, 0.2) is 5.78 Å². The molecule has 3 atom stereocenters. The third-order valence-electron chi connectivity index (χ3n) is 9.14. The van der Waals surface area contributed by atoms with Crippen LogP contribution in [0.1, 0.15) is 50.2 Å². The molecule has 1 aliphatic carbocycles. The van der Waals surface area contributed by atoms with E-state index in [4.69, 9.17) is 0 Å². The third kappa shape index (κ3) is 3.07. The Balaban J connectivity index is 1.50. The van der Waals surface area contributed by atoms with E-state index >= 15 is 0 Å². The Kier molecular flexibility index (Phi) is 5.46. The van der Waals surface area contributed by atoms with Crippen molar-refractivity contribution >= 4 is 23.5 Å². The minimum Gasteiger partial charge on any atom is -0.297 e. The van der Waals surface area contributed by atoms with Gasteiger partial charge in [0.2, 0.25) is 0 Å². The minimum absolute atomic E-state index is 0.0863. The average molecular weight is 470 g/mol. The molecule has 0 aromatic heterocycles. The summed E-state index contributed by atoms with van der Waals surface area (Å²) in [6.07, 6.45) is 6.88. The lowest BCUT2D eigenvalue weighted by molar-refractivity contribution is -0.147. The van der Waals surface area contributed by atoms with Crippen LogP contribution < -0.4 is 4.90 Å². The van der Waals surface area contributed by atoms with Crippen molar-refractivity contribution in [2.45, 2.75) is 44.6 Å². The van der Waals surface area contributed by atoms with Gasteiger partial charge in [-0.1, -0.05) is 55.5 Å². The number of likely N-dealkylation sites (tertiary alicyclic amines) is 2. The highest BCUT2D eigenvalue weighted by Gasteiger charge is 2.73. The molecule has 5 nitrogen and oxygen atoms in total. The number of amides is 1. The van der Waals surface area contributed by atoms with E-state index in [9.17, 15) is 9.59 Å². The Hall–Kier alpha value is -2.76. The number of allylic oxidation sites excluding steroid dienone is 1. The Labute approximate surface area is 208 Å². The van der Waals surface area contributed by atoms with Crippen LogP contribution in [0.4, 0.5) is 5.69 Å². The van der Waals surface area contributed by atoms with Gasteiger partial charge in [-0.25, -0.2) is 0 Å². The van der Waals surface area contributed by atoms with Crippen molar-refractivity contribution in [2.24, 2.45) is 11.3 Å². The van der Waals surface area contributed by atoms with E-state index in [0.717, 1.165) is 61.3 Å². The molecule has 2 aromatic rings. The molecule has 4 aliphatic rings. The highest BCUT2D eigenvalue weighted by molar-refractivity contribution is 6.16. The number of carbonyl (C=O) groups excluding carboxylic acids is 2. The number of Topliss-reactive ketones (excluding diaryl/α,β-unsaturated/α-hetero) is 1. The molecule has 6 rings (SSSR count). The number of nitrogens with zero attached hydrogens (tertiary/aromatic N) is 3. The molecule has 1 saturated carbocycles. The molecule has 3 aliphatic heterocycles. The van der Waals surface area contributed by atoms with E-state index in [0.29, 0.717) is 6.67 Å². The van der Waals surface area contributed by atoms with E-state index in [1.165, 1.54) is 12.8 Å². The molecule has 0 unspecified atom stereocenters. The fraction of sp³-hybridized carbons (Fsp3) is 0.467. The molecule has 5 heteroatoms. The highest BCUT2D eigenvalue weighted by Crippen LogP contribution is 2.64. The van der Waals surface area contributed by atoms with Crippen LogP contribution in [-0.4, -0.2) is 54.8 Å². The van der Waals surface area contributed by atoms with Gasteiger partial charge in [-0.3, -0.25) is 24.3 Å². The quantitative estimate of drug-likeness (QED) is 0.612. The number of anilines is 1. The van der Waals surface area contributed by atoms with Crippen LogP contribution in [0, 0.1) is 11.3 Å². The predicted octanol–water partition coefficient (Wildman–Crippen LogP) is 4.69. The second kappa shape index (κ2) is 8.42. The van der Waals surface area contributed by atoms with E-state index in [1.54, 1.807) is 0 Å². The van der Waals surface area contributed by atoms with Gasteiger partial charge >= 0.3 is 0 Å². The van der Waals surface area contributed by atoms with E-state index in [2.05, 4.69) is 54.1 Å². The van der Waals surface area contributed by atoms with Gasteiger partial charge in [0.1, 0.15) is 5.54 Å². The molecule has 1 amide bonds. The van der Waals surface area contributed by atoms with Crippen molar-refractivity contribution in [3.63, 3.8) is 0 Å². The standard InChI is InChI=1S/C30H35N3O2/c1-22-20-31(2)30(29(22)16-10-13-24(27(29)34)19-23-11-4-3-5-12-23)25-14-6-7-15-26(25)33(28(30)35)21-32-17-8-9-18-32/h3-7,11-12,14-15,19,22H,8-10,13,16-18,20-21H2,1-2H3/b24-19+/t22-,29+,30-/m1/s1. The number of ketones is 1. The van der Waals surface area contributed by atoms with E-state index in [-0.39, 0.29) is 17.6 Å². The smallest absolute Gasteiger partial charge is 0.254 e. The lowest BCUT2D eigenvalue weighted by Crippen LogP contribution is -2.62. The van der Waals surface area contributed by atoms with Crippen molar-refractivity contribution in [3.05, 3.63) is 71.3 Å². The zero-order valence-electron chi connectivity index (χ0n) is 20.9. The first kappa shape index (κ1) is 22.7. The second-order valence-electron chi connectivity index (χ2n) is 10.9. The number of para-hydroxylation sites is 1. The third-order valence-corrected chi connectivity index (χ3v) is 9.14. The summed E-state index contributed by atoms with van der Waals surface area (Å²) in [5.74, 6) is 0.352. The van der Waals surface area contributed by atoms with Crippen LogP contribution in [0.2, 0.25) is 0 Å². The molecule has 0 radical (unpaired) electrons. The maximum absolute atomic E-state index is 14.7. The van der Waals surface area contributed by atoms with Gasteiger partial charge in [0.25, 0.3) is 5.91 Å². The number of carbonyl (C=O) groups is 2. The van der Waals surface area contributed by atoms with Crippen LogP contribution in [0.25, 0.3) is 6.08 Å². The van der Waals surface area contributed by atoms with Crippen molar-refractivity contribution in [1.29, 1.82) is 0 Å². The van der Waals surface area contributed by atoms with Crippen molar-refractivity contribution < 1.29 is 9.59 Å². The molecular weight excluding hydrogens is 434 g/mol. The van der Waals surface area contributed by atoms with Crippen molar-refractivity contribution in [3.8, 4) is 0 Å². The topological polar surface area (TPSA) is 43.9 Å². The monoisotopic (exact) mass is 469 g/mol. The first-order valence-electron chi connectivity index (χ1n) is 13.2. The Morgan fingerprint density at radius 1 is 0.971 bits per heavy atom. The summed E-state index contributed by atoms with van der Waals surface area (Å²) in [4.78, 5) is 35.9. The zero-order chi connectivity index (χ0) is 24.2. The first-order valence-corrected chi connectivity index (χ1v) is 13.2. The van der Waals surface area contributed by atoms with Gasteiger partial charge in [-0.2, -0.15) is 0 Å². The number of hydrogen-bond donors (Lipinski definition) is 0. The van der Waals surface area contributed by atoms with Gasteiger partial charge in [-0.05, 0) is 81.4 Å². The van der Waals surface area contributed by atoms with Crippen LogP contribution >= 0.6 is 0 Å². The number of hydrogen-bond acceptors (Lipinski definition) is 4. The lowest BCUT2D eigenvalue weighted by atomic mass is 9.54. The number of rotatable bonds is 3. The summed E-state index contributed by atoms with van der Waals surface area (Å²) in [6, 6.07) is 18.4. The second-order valence-corrected chi connectivity index (χ2v) is 10.9. The molecule has 2 saturated heterocycles. The maximum atomic E-state index is 14.7. The summed E-state index contributed by atoms with van der Waals surface area (Å²) in [5, 5.41) is 0. The molecule has 182 valence electrons. The number of likely N-dealkylation sites (N-methyl/N-ethyl adjacent to an activating group) is 1. The normalized spacial score (nSPS) is 32.5. The molecule has 0 N–H and O–H groups in total. The lowest BCUT2D eigenvalue weighted by Gasteiger charge is -2.48. The molecule has 0 bridgehead atoms. The van der Waals surface area contributed by atoms with Gasteiger partial charge in [-0.15, -0.1) is 0 Å². The van der Waals surface area contributed by atoms with Gasteiger partial charge < -0.3 is 0 Å². The SMILES string of the molecule is C[C@@H]1CN(C)[C@]2(C(=O)N(CN3CCCC3)c3ccccc32)[C@@]12CCC/C(=C\c1ccccc1)C2=O. The van der Waals surface area contributed by atoms with Crippen LogP contribution in [0.5, 0.6) is 0 Å². The fourth-order valence-electron chi connectivity index (χ4n) is 7.67. The highest BCUT2D eigenvalue weighted by atomic mass is 16.2. The van der Waals surface area contributed by atoms with Gasteiger partial charge in [0, 0.05) is 12.1 Å².